The van der Waals surface area contributed by atoms with Crippen LogP contribution in [0.25, 0.3) is 0 Å². The van der Waals surface area contributed by atoms with Gasteiger partial charge in [-0.1, -0.05) is 72.1 Å². The zero-order valence-corrected chi connectivity index (χ0v) is 14.3. The molecular weight excluding hydrogens is 248 g/mol. The van der Waals surface area contributed by atoms with Crippen molar-refractivity contribution in [3.63, 3.8) is 0 Å². The highest BCUT2D eigenvalue weighted by Crippen LogP contribution is 2.20. The van der Waals surface area contributed by atoms with Crippen LogP contribution in [-0.2, 0) is 9.47 Å². The lowest BCUT2D eigenvalue weighted by molar-refractivity contribution is 0.0421. The third kappa shape index (κ3) is 14.3. The lowest BCUT2D eigenvalue weighted by Crippen LogP contribution is -2.10. The molecule has 0 saturated carbocycles. The van der Waals surface area contributed by atoms with Crippen LogP contribution >= 0.6 is 0 Å². The molecule has 0 aliphatic rings. The molecule has 0 amide bonds. The molecule has 0 fully saturated rings. The van der Waals surface area contributed by atoms with E-state index in [0.717, 1.165) is 38.8 Å². The maximum atomic E-state index is 5.69. The summed E-state index contributed by atoms with van der Waals surface area (Å²) in [6, 6.07) is 0. The molecule has 20 heavy (non-hydrogen) atoms. The monoisotopic (exact) mass is 286 g/mol. The van der Waals surface area contributed by atoms with E-state index in [-0.39, 0.29) is 0 Å². The Bertz CT molecular complexity index is 171. The Morgan fingerprint density at radius 3 is 1.85 bits per heavy atom. The van der Waals surface area contributed by atoms with Crippen LogP contribution in [0.5, 0.6) is 0 Å². The average molecular weight is 286 g/mol. The van der Waals surface area contributed by atoms with E-state index >= 15 is 0 Å². The number of ether oxygens (including phenoxy) is 2. The molecular formula is C18H38O2. The van der Waals surface area contributed by atoms with Crippen LogP contribution in [0.2, 0.25) is 0 Å². The van der Waals surface area contributed by atoms with Crippen LogP contribution < -0.4 is 0 Å². The number of unbranched alkanes of at least 4 members (excludes halogenated alkanes) is 4. The van der Waals surface area contributed by atoms with E-state index in [4.69, 9.17) is 9.47 Å². The van der Waals surface area contributed by atoms with Crippen LogP contribution in [0.3, 0.4) is 0 Å². The molecule has 2 heteroatoms. The fraction of sp³-hybridized carbons (Fsp3) is 1.00. The van der Waals surface area contributed by atoms with Crippen molar-refractivity contribution in [2.75, 3.05) is 26.4 Å². The maximum absolute atomic E-state index is 5.69. The summed E-state index contributed by atoms with van der Waals surface area (Å²) in [5, 5.41) is 0. The Morgan fingerprint density at radius 1 is 0.550 bits per heavy atom. The summed E-state index contributed by atoms with van der Waals surface area (Å²) in [6.45, 7) is 9.99. The van der Waals surface area contributed by atoms with Gasteiger partial charge in [-0.15, -0.1) is 0 Å². The highest BCUT2D eigenvalue weighted by atomic mass is 16.5. The molecule has 0 N–H and O–H groups in total. The third-order valence-electron chi connectivity index (χ3n) is 3.82. The first kappa shape index (κ1) is 19.9. The first-order valence-corrected chi connectivity index (χ1v) is 9.00. The fourth-order valence-corrected chi connectivity index (χ4v) is 2.50. The molecule has 0 bridgehead atoms. The Kier molecular flexibility index (Phi) is 16.9. The van der Waals surface area contributed by atoms with E-state index < -0.39 is 0 Å². The predicted molar refractivity (Wildman–Crippen MR) is 88.3 cm³/mol. The fourth-order valence-electron chi connectivity index (χ4n) is 2.50. The van der Waals surface area contributed by atoms with Crippen molar-refractivity contribution in [2.45, 2.75) is 85.0 Å². The molecule has 0 spiro atoms. The zero-order valence-electron chi connectivity index (χ0n) is 14.3. The molecule has 1 unspecified atom stereocenters. The third-order valence-corrected chi connectivity index (χ3v) is 3.82. The normalized spacial score (nSPS) is 12.8. The lowest BCUT2D eigenvalue weighted by Gasteiger charge is -2.16. The van der Waals surface area contributed by atoms with Gasteiger partial charge >= 0.3 is 0 Å². The highest BCUT2D eigenvalue weighted by Gasteiger charge is 2.08. The van der Waals surface area contributed by atoms with Crippen molar-refractivity contribution >= 4 is 0 Å². The van der Waals surface area contributed by atoms with Gasteiger partial charge in [-0.3, -0.25) is 0 Å². The Balaban J connectivity index is 3.53. The van der Waals surface area contributed by atoms with E-state index in [9.17, 15) is 0 Å². The molecule has 0 aliphatic heterocycles. The van der Waals surface area contributed by atoms with E-state index in [1.807, 2.05) is 0 Å². The van der Waals surface area contributed by atoms with E-state index in [0.29, 0.717) is 0 Å². The summed E-state index contributed by atoms with van der Waals surface area (Å²) in [4.78, 5) is 0. The van der Waals surface area contributed by atoms with Crippen LogP contribution in [0.4, 0.5) is 0 Å². The van der Waals surface area contributed by atoms with Crippen molar-refractivity contribution in [1.29, 1.82) is 0 Å². The Labute approximate surface area is 127 Å². The van der Waals surface area contributed by atoms with Gasteiger partial charge in [0.2, 0.25) is 0 Å². The van der Waals surface area contributed by atoms with Gasteiger partial charge in [0.25, 0.3) is 0 Å². The Morgan fingerprint density at radius 2 is 1.20 bits per heavy atom. The molecule has 0 aromatic rings. The van der Waals surface area contributed by atoms with E-state index in [1.165, 1.54) is 57.8 Å². The molecule has 0 aliphatic carbocycles. The SMILES string of the molecule is CCCCCCC(CCCC)CCOCCOCCC. The second-order valence-corrected chi connectivity index (χ2v) is 5.87. The molecule has 122 valence electrons. The van der Waals surface area contributed by atoms with Crippen molar-refractivity contribution in [2.24, 2.45) is 5.92 Å². The van der Waals surface area contributed by atoms with Gasteiger partial charge in [0.15, 0.2) is 0 Å². The lowest BCUT2D eigenvalue weighted by atomic mass is 9.92. The minimum atomic E-state index is 0.754. The van der Waals surface area contributed by atoms with Crippen LogP contribution in [0.1, 0.15) is 85.0 Å². The molecule has 0 aromatic carbocycles. The van der Waals surface area contributed by atoms with Crippen molar-refractivity contribution in [3.8, 4) is 0 Å². The van der Waals surface area contributed by atoms with Gasteiger partial charge in [0, 0.05) is 13.2 Å². The first-order chi connectivity index (χ1) is 9.85. The minimum absolute atomic E-state index is 0.754. The summed E-state index contributed by atoms with van der Waals surface area (Å²) in [7, 11) is 0. The molecule has 0 rings (SSSR count). The average Bonchev–Trinajstić information content (AvgIpc) is 2.47. The largest absolute Gasteiger partial charge is 0.379 e. The van der Waals surface area contributed by atoms with Gasteiger partial charge in [-0.25, -0.2) is 0 Å². The standard InChI is InChI=1S/C18H38O2/c1-4-7-9-10-12-18(11-8-5-2)13-15-20-17-16-19-14-6-3/h18H,4-17H2,1-3H3. The smallest absolute Gasteiger partial charge is 0.0700 e. The first-order valence-electron chi connectivity index (χ1n) is 9.00. The highest BCUT2D eigenvalue weighted by molar-refractivity contribution is 4.60. The van der Waals surface area contributed by atoms with Crippen LogP contribution in [-0.4, -0.2) is 26.4 Å². The predicted octanol–water partition coefficient (Wildman–Crippen LogP) is 5.60. The van der Waals surface area contributed by atoms with Crippen molar-refractivity contribution in [1.82, 2.24) is 0 Å². The molecule has 0 heterocycles. The summed E-state index contributed by atoms with van der Waals surface area (Å²) >= 11 is 0. The topological polar surface area (TPSA) is 18.5 Å². The van der Waals surface area contributed by atoms with Crippen molar-refractivity contribution in [3.05, 3.63) is 0 Å². The summed E-state index contributed by atoms with van der Waals surface area (Å²) in [5.41, 5.74) is 0. The van der Waals surface area contributed by atoms with Crippen LogP contribution in [0, 0.1) is 5.92 Å². The zero-order chi connectivity index (χ0) is 14.9. The van der Waals surface area contributed by atoms with Crippen LogP contribution in [0.15, 0.2) is 0 Å². The molecule has 0 saturated heterocycles. The van der Waals surface area contributed by atoms with Crippen molar-refractivity contribution < 1.29 is 9.47 Å². The van der Waals surface area contributed by atoms with Gasteiger partial charge in [0.1, 0.15) is 0 Å². The second kappa shape index (κ2) is 17.0. The Hall–Kier alpha value is -0.0800. The van der Waals surface area contributed by atoms with Gasteiger partial charge < -0.3 is 9.47 Å². The summed E-state index contributed by atoms with van der Waals surface area (Å²) in [5.74, 6) is 0.878. The number of rotatable bonds is 16. The summed E-state index contributed by atoms with van der Waals surface area (Å²) in [6.07, 6.45) is 13.3. The number of hydrogen-bond acceptors (Lipinski definition) is 2. The van der Waals surface area contributed by atoms with Gasteiger partial charge in [0.05, 0.1) is 13.2 Å². The summed E-state index contributed by atoms with van der Waals surface area (Å²) < 4.78 is 11.1. The minimum Gasteiger partial charge on any atom is -0.379 e. The molecule has 1 atom stereocenters. The van der Waals surface area contributed by atoms with E-state index in [2.05, 4.69) is 20.8 Å². The quantitative estimate of drug-likeness (QED) is 0.344. The van der Waals surface area contributed by atoms with Gasteiger partial charge in [-0.05, 0) is 18.8 Å². The molecule has 2 nitrogen and oxygen atoms in total. The molecule has 0 aromatic heterocycles. The molecule has 0 radical (unpaired) electrons. The number of hydrogen-bond donors (Lipinski definition) is 0. The maximum Gasteiger partial charge on any atom is 0.0700 e. The van der Waals surface area contributed by atoms with Gasteiger partial charge in [-0.2, -0.15) is 0 Å². The van der Waals surface area contributed by atoms with E-state index in [1.54, 1.807) is 0 Å². The second-order valence-electron chi connectivity index (χ2n) is 5.87.